The molecule has 0 atom stereocenters. The lowest BCUT2D eigenvalue weighted by Gasteiger charge is -2.09. The van der Waals surface area contributed by atoms with Crippen LogP contribution in [0, 0.1) is 0 Å². The molecule has 1 heterocycles. The molecule has 24 heavy (non-hydrogen) atoms. The molecule has 0 spiro atoms. The normalized spacial score (nSPS) is 10.8. The fourth-order valence-corrected chi connectivity index (χ4v) is 2.97. The second kappa shape index (κ2) is 7.19. The molecule has 0 aliphatic heterocycles. The van der Waals surface area contributed by atoms with Crippen molar-refractivity contribution < 1.29 is 22.7 Å². The number of hydrogen-bond donors (Lipinski definition) is 2. The number of rotatable bonds is 5. The van der Waals surface area contributed by atoms with Crippen LogP contribution in [0.5, 0.6) is 6.01 Å². The number of halogens is 1. The van der Waals surface area contributed by atoms with Crippen LogP contribution in [0.25, 0.3) is 0 Å². The van der Waals surface area contributed by atoms with E-state index in [4.69, 9.17) is 16.3 Å². The number of methoxy groups -OCH3 is 1. The lowest BCUT2D eigenvalue weighted by molar-refractivity contribution is 0.111. The average Bonchev–Trinajstić information content (AvgIpc) is 2.53. The minimum atomic E-state index is -4.21. The summed E-state index contributed by atoms with van der Waals surface area (Å²) in [5.41, 5.74) is 0. The molecule has 0 aliphatic rings. The van der Waals surface area contributed by atoms with E-state index in [0.717, 1.165) is 0 Å². The molecule has 1 aromatic carbocycles. The van der Waals surface area contributed by atoms with Gasteiger partial charge in [-0.1, -0.05) is 23.7 Å². The van der Waals surface area contributed by atoms with Gasteiger partial charge in [-0.05, 0) is 12.1 Å². The van der Waals surface area contributed by atoms with Crippen molar-refractivity contribution in [2.24, 2.45) is 0 Å². The number of carbonyl (C=O) groups excluding carboxylic acids is 2. The predicted octanol–water partition coefficient (Wildman–Crippen LogP) is 0.856. The van der Waals surface area contributed by atoms with Gasteiger partial charge in [0.15, 0.2) is 6.29 Å². The van der Waals surface area contributed by atoms with Gasteiger partial charge >= 0.3 is 12.0 Å². The van der Waals surface area contributed by atoms with Crippen LogP contribution in [0.3, 0.4) is 0 Å². The van der Waals surface area contributed by atoms with Crippen molar-refractivity contribution in [3.8, 4) is 6.01 Å². The van der Waals surface area contributed by atoms with Crippen molar-refractivity contribution in [3.63, 3.8) is 0 Å². The highest BCUT2D eigenvalue weighted by Crippen LogP contribution is 2.20. The van der Waals surface area contributed by atoms with Crippen LogP contribution in [-0.2, 0) is 10.0 Å². The van der Waals surface area contributed by atoms with Crippen LogP contribution in [-0.4, -0.2) is 42.8 Å². The maximum absolute atomic E-state index is 12.1. The molecule has 126 valence electrons. The second-order valence-electron chi connectivity index (χ2n) is 4.11. The van der Waals surface area contributed by atoms with Crippen LogP contribution in [0.1, 0.15) is 10.6 Å². The number of aldehydes is 1. The monoisotopic (exact) mass is 371 g/mol. The average molecular weight is 372 g/mol. The Morgan fingerprint density at radius 2 is 1.96 bits per heavy atom. The van der Waals surface area contributed by atoms with Crippen molar-refractivity contribution in [2.45, 2.75) is 4.90 Å². The highest BCUT2D eigenvalue weighted by molar-refractivity contribution is 7.90. The highest BCUT2D eigenvalue weighted by atomic mass is 35.5. The lowest BCUT2D eigenvalue weighted by atomic mass is 10.4. The summed E-state index contributed by atoms with van der Waals surface area (Å²) in [7, 11) is -2.96. The fraction of sp³-hybridized carbons (Fsp3) is 0.0833. The Morgan fingerprint density at radius 1 is 1.25 bits per heavy atom. The van der Waals surface area contributed by atoms with Crippen LogP contribution in [0.2, 0.25) is 5.02 Å². The zero-order valence-electron chi connectivity index (χ0n) is 12.1. The van der Waals surface area contributed by atoms with Gasteiger partial charge in [0.25, 0.3) is 10.0 Å². The van der Waals surface area contributed by atoms with Crippen LogP contribution in [0.15, 0.2) is 29.2 Å². The number of anilines is 1. The third-order valence-corrected chi connectivity index (χ3v) is 4.33. The summed E-state index contributed by atoms with van der Waals surface area (Å²) < 4.78 is 30.7. The molecule has 2 amide bonds. The van der Waals surface area contributed by atoms with E-state index in [0.29, 0.717) is 6.29 Å². The van der Waals surface area contributed by atoms with Gasteiger partial charge in [0, 0.05) is 0 Å². The molecule has 0 bridgehead atoms. The van der Waals surface area contributed by atoms with E-state index in [1.807, 2.05) is 0 Å². The number of carbonyl (C=O) groups is 2. The number of ether oxygens (including phenoxy) is 1. The topological polar surface area (TPSA) is 140 Å². The number of aromatic nitrogens is 3. The summed E-state index contributed by atoms with van der Waals surface area (Å²) in [6, 6.07) is 4.21. The first-order valence-electron chi connectivity index (χ1n) is 6.19. The molecule has 0 radical (unpaired) electrons. The van der Waals surface area contributed by atoms with Crippen molar-refractivity contribution >= 4 is 39.9 Å². The molecule has 0 unspecified atom stereocenters. The standard InChI is InChI=1S/C12H10ClN5O5S/c1-23-12-15-9(6-19)14-10(17-12)16-11(20)18-24(21,22)8-5-3-2-4-7(8)13/h2-6H,1H3,(H2,14,15,16,17,18,20). The summed E-state index contributed by atoms with van der Waals surface area (Å²) in [6.45, 7) is 0. The number of sulfonamides is 1. The van der Waals surface area contributed by atoms with Crippen molar-refractivity contribution in [3.05, 3.63) is 35.1 Å². The molecule has 2 rings (SSSR count). The van der Waals surface area contributed by atoms with Gasteiger partial charge in [-0.15, -0.1) is 0 Å². The molecular formula is C12H10ClN5O5S. The van der Waals surface area contributed by atoms with E-state index >= 15 is 0 Å². The van der Waals surface area contributed by atoms with Gasteiger partial charge in [0.2, 0.25) is 11.8 Å². The number of amides is 2. The Labute approximate surface area is 141 Å². The van der Waals surface area contributed by atoms with E-state index in [1.54, 1.807) is 10.8 Å². The van der Waals surface area contributed by atoms with E-state index < -0.39 is 16.1 Å². The molecule has 0 saturated heterocycles. The summed E-state index contributed by atoms with van der Waals surface area (Å²) in [4.78, 5) is 33.1. The van der Waals surface area contributed by atoms with Crippen molar-refractivity contribution in [2.75, 3.05) is 12.4 Å². The molecular weight excluding hydrogens is 362 g/mol. The lowest BCUT2D eigenvalue weighted by Crippen LogP contribution is -2.35. The summed E-state index contributed by atoms with van der Waals surface area (Å²) >= 11 is 5.79. The molecule has 10 nitrogen and oxygen atoms in total. The van der Waals surface area contributed by atoms with Crippen molar-refractivity contribution in [1.82, 2.24) is 19.7 Å². The third kappa shape index (κ3) is 4.14. The first-order chi connectivity index (χ1) is 11.4. The zero-order chi connectivity index (χ0) is 17.7. The Bertz CT molecular complexity index is 889. The van der Waals surface area contributed by atoms with E-state index in [-0.39, 0.29) is 27.7 Å². The SMILES string of the molecule is COc1nc(C=O)nc(NC(=O)NS(=O)(=O)c2ccccc2Cl)n1. The number of nitrogens with zero attached hydrogens (tertiary/aromatic N) is 3. The van der Waals surface area contributed by atoms with Crippen LogP contribution >= 0.6 is 11.6 Å². The number of hydrogen-bond acceptors (Lipinski definition) is 8. The predicted molar refractivity (Wildman–Crippen MR) is 82.6 cm³/mol. The number of urea groups is 1. The Kier molecular flexibility index (Phi) is 5.26. The molecule has 0 aliphatic carbocycles. The van der Waals surface area contributed by atoms with Gasteiger partial charge in [-0.3, -0.25) is 10.1 Å². The molecule has 0 fully saturated rings. The van der Waals surface area contributed by atoms with Gasteiger partial charge in [-0.25, -0.2) is 17.9 Å². The third-order valence-electron chi connectivity index (χ3n) is 2.50. The minimum Gasteiger partial charge on any atom is -0.467 e. The molecule has 12 heteroatoms. The number of nitrogens with one attached hydrogen (secondary N) is 2. The van der Waals surface area contributed by atoms with E-state index in [9.17, 15) is 18.0 Å². The summed E-state index contributed by atoms with van der Waals surface area (Å²) in [5, 5.41) is 2.01. The maximum atomic E-state index is 12.1. The molecule has 2 aromatic rings. The first kappa shape index (κ1) is 17.6. The van der Waals surface area contributed by atoms with E-state index in [2.05, 4.69) is 20.3 Å². The summed E-state index contributed by atoms with van der Waals surface area (Å²) in [5.74, 6) is -0.665. The quantitative estimate of drug-likeness (QED) is 0.737. The highest BCUT2D eigenvalue weighted by Gasteiger charge is 2.21. The van der Waals surface area contributed by atoms with Crippen molar-refractivity contribution in [1.29, 1.82) is 0 Å². The second-order valence-corrected chi connectivity index (χ2v) is 6.17. The fourth-order valence-electron chi connectivity index (χ4n) is 1.54. The first-order valence-corrected chi connectivity index (χ1v) is 8.05. The zero-order valence-corrected chi connectivity index (χ0v) is 13.6. The van der Waals surface area contributed by atoms with Gasteiger partial charge in [0.1, 0.15) is 4.90 Å². The van der Waals surface area contributed by atoms with Gasteiger partial charge < -0.3 is 4.74 Å². The minimum absolute atomic E-state index is 0.0529. The smallest absolute Gasteiger partial charge is 0.335 e. The van der Waals surface area contributed by atoms with Gasteiger partial charge in [0.05, 0.1) is 12.1 Å². The molecule has 2 N–H and O–H groups in total. The Hall–Kier alpha value is -2.79. The molecule has 1 aromatic heterocycles. The summed E-state index contributed by atoms with van der Waals surface area (Å²) in [6.07, 6.45) is 0.313. The molecule has 0 saturated carbocycles. The largest absolute Gasteiger partial charge is 0.467 e. The number of benzene rings is 1. The maximum Gasteiger partial charge on any atom is 0.335 e. The van der Waals surface area contributed by atoms with Crippen LogP contribution < -0.4 is 14.8 Å². The Balaban J connectivity index is 2.19. The van der Waals surface area contributed by atoms with E-state index in [1.165, 1.54) is 25.3 Å². The Morgan fingerprint density at radius 3 is 2.58 bits per heavy atom. The van der Waals surface area contributed by atoms with Gasteiger partial charge in [-0.2, -0.15) is 15.0 Å². The van der Waals surface area contributed by atoms with Crippen LogP contribution in [0.4, 0.5) is 10.7 Å².